The number of hydrogen-bond acceptors (Lipinski definition) is 3. The van der Waals surface area contributed by atoms with E-state index in [0.717, 1.165) is 20.9 Å². The summed E-state index contributed by atoms with van der Waals surface area (Å²) in [6, 6.07) is 7.95. The zero-order valence-corrected chi connectivity index (χ0v) is 12.9. The first-order valence-electron chi connectivity index (χ1n) is 6.15. The van der Waals surface area contributed by atoms with Gasteiger partial charge in [-0.1, -0.05) is 28.1 Å². The van der Waals surface area contributed by atoms with Crippen molar-refractivity contribution in [2.75, 3.05) is 11.4 Å². The number of terminal acetylenes is 1. The molecular formula is C15H11BrN2OS. The summed E-state index contributed by atoms with van der Waals surface area (Å²) >= 11 is 4.89. The summed E-state index contributed by atoms with van der Waals surface area (Å²) in [6.07, 6.45) is 5.82. The number of anilines is 1. The Morgan fingerprint density at radius 1 is 1.40 bits per heavy atom. The molecule has 0 spiro atoms. The minimum Gasteiger partial charge on any atom is -0.287 e. The minimum absolute atomic E-state index is 0.00234. The number of amides is 1. The van der Waals surface area contributed by atoms with Gasteiger partial charge in [-0.3, -0.25) is 9.69 Å². The van der Waals surface area contributed by atoms with Gasteiger partial charge < -0.3 is 0 Å². The molecule has 1 atom stereocenters. The molecule has 0 aliphatic carbocycles. The zero-order valence-electron chi connectivity index (χ0n) is 10.5. The fourth-order valence-corrected chi connectivity index (χ4v) is 3.27. The number of rotatable bonds is 2. The fourth-order valence-electron chi connectivity index (χ4n) is 2.15. The van der Waals surface area contributed by atoms with Crippen LogP contribution in [-0.4, -0.2) is 17.4 Å². The van der Waals surface area contributed by atoms with E-state index in [4.69, 9.17) is 6.42 Å². The van der Waals surface area contributed by atoms with Gasteiger partial charge in [0.1, 0.15) is 0 Å². The third-order valence-corrected chi connectivity index (χ3v) is 4.62. The lowest BCUT2D eigenvalue weighted by Crippen LogP contribution is -2.24. The van der Waals surface area contributed by atoms with Crippen LogP contribution in [0.5, 0.6) is 0 Å². The number of nitrogens with zero attached hydrogens (tertiary/aromatic N) is 2. The van der Waals surface area contributed by atoms with E-state index in [0.29, 0.717) is 13.0 Å². The predicted octanol–water partition coefficient (Wildman–Crippen LogP) is 3.56. The van der Waals surface area contributed by atoms with Crippen molar-refractivity contribution in [2.45, 2.75) is 6.42 Å². The molecule has 5 heteroatoms. The lowest BCUT2D eigenvalue weighted by atomic mass is 10.1. The van der Waals surface area contributed by atoms with Crippen LogP contribution in [0.2, 0.25) is 0 Å². The quantitative estimate of drug-likeness (QED) is 0.779. The Morgan fingerprint density at radius 2 is 2.15 bits per heavy atom. The summed E-state index contributed by atoms with van der Waals surface area (Å²) in [5, 5.41) is 2.69. The summed E-state index contributed by atoms with van der Waals surface area (Å²) in [6.45, 7) is 0.572. The minimum atomic E-state index is 0.00234. The van der Waals surface area contributed by atoms with Gasteiger partial charge in [0.15, 0.2) is 5.13 Å². The molecule has 100 valence electrons. The fraction of sp³-hybridized carbons (Fsp3) is 0.200. The van der Waals surface area contributed by atoms with Crippen LogP contribution >= 0.6 is 27.3 Å². The highest BCUT2D eigenvalue weighted by Crippen LogP contribution is 2.31. The Balaban J connectivity index is 1.86. The molecule has 0 N–H and O–H groups in total. The van der Waals surface area contributed by atoms with E-state index in [1.54, 1.807) is 4.90 Å². The predicted molar refractivity (Wildman–Crippen MR) is 84.5 cm³/mol. The Bertz CT molecular complexity index is 687. The van der Waals surface area contributed by atoms with E-state index in [9.17, 15) is 4.79 Å². The Labute approximate surface area is 129 Å². The first-order valence-corrected chi connectivity index (χ1v) is 7.82. The van der Waals surface area contributed by atoms with E-state index in [-0.39, 0.29) is 11.8 Å². The van der Waals surface area contributed by atoms with E-state index >= 15 is 0 Å². The standard InChI is InChI=1S/C15H11BrN2OS/c1-2-10-7-14(19)18(8-10)15-17-13(9-20-15)11-3-5-12(16)6-4-11/h1,3-6,9-10H,7-8H2. The SMILES string of the molecule is C#CC1CC(=O)N(c2nc(-c3ccc(Br)cc3)cs2)C1. The van der Waals surface area contributed by atoms with Crippen molar-refractivity contribution in [3.05, 3.63) is 34.1 Å². The number of carbonyl (C=O) groups is 1. The van der Waals surface area contributed by atoms with E-state index in [1.165, 1.54) is 11.3 Å². The van der Waals surface area contributed by atoms with Crippen LogP contribution in [0.1, 0.15) is 6.42 Å². The van der Waals surface area contributed by atoms with Gasteiger partial charge in [0, 0.05) is 34.3 Å². The first kappa shape index (κ1) is 13.3. The molecule has 3 rings (SSSR count). The first-order chi connectivity index (χ1) is 9.67. The third-order valence-electron chi connectivity index (χ3n) is 3.22. The maximum atomic E-state index is 11.9. The molecule has 1 saturated heterocycles. The lowest BCUT2D eigenvalue weighted by Gasteiger charge is -2.11. The molecule has 2 heterocycles. The molecule has 0 saturated carbocycles. The van der Waals surface area contributed by atoms with Gasteiger partial charge in [-0.05, 0) is 12.1 Å². The second kappa shape index (κ2) is 5.39. The van der Waals surface area contributed by atoms with Crippen LogP contribution < -0.4 is 4.90 Å². The van der Waals surface area contributed by atoms with Crippen molar-refractivity contribution in [1.82, 2.24) is 4.98 Å². The number of benzene rings is 1. The van der Waals surface area contributed by atoms with Crippen molar-refractivity contribution < 1.29 is 4.79 Å². The second-order valence-corrected chi connectivity index (χ2v) is 6.35. The van der Waals surface area contributed by atoms with Crippen LogP contribution in [0.4, 0.5) is 5.13 Å². The van der Waals surface area contributed by atoms with Crippen LogP contribution in [0.25, 0.3) is 11.3 Å². The lowest BCUT2D eigenvalue weighted by molar-refractivity contribution is -0.117. The van der Waals surface area contributed by atoms with Crippen LogP contribution in [0, 0.1) is 18.3 Å². The molecule has 1 fully saturated rings. The van der Waals surface area contributed by atoms with Gasteiger partial charge in [-0.2, -0.15) is 0 Å². The molecule has 0 radical (unpaired) electrons. The smallest absolute Gasteiger partial charge is 0.230 e. The molecule has 1 aromatic carbocycles. The highest BCUT2D eigenvalue weighted by molar-refractivity contribution is 9.10. The van der Waals surface area contributed by atoms with Crippen LogP contribution in [0.3, 0.4) is 0 Å². The van der Waals surface area contributed by atoms with E-state index in [1.807, 2.05) is 29.6 Å². The van der Waals surface area contributed by atoms with E-state index in [2.05, 4.69) is 26.8 Å². The number of aromatic nitrogens is 1. The second-order valence-electron chi connectivity index (χ2n) is 4.59. The van der Waals surface area contributed by atoms with Gasteiger partial charge in [-0.15, -0.1) is 23.7 Å². The van der Waals surface area contributed by atoms with Crippen molar-refractivity contribution in [3.8, 4) is 23.6 Å². The molecule has 1 aromatic heterocycles. The molecule has 1 amide bonds. The average Bonchev–Trinajstić information content (AvgIpc) is 3.06. The maximum Gasteiger partial charge on any atom is 0.230 e. The summed E-state index contributed by atoms with van der Waals surface area (Å²) in [5.41, 5.74) is 1.92. The van der Waals surface area contributed by atoms with Gasteiger partial charge in [-0.25, -0.2) is 4.98 Å². The molecule has 1 aliphatic rings. The van der Waals surface area contributed by atoms with Crippen molar-refractivity contribution in [1.29, 1.82) is 0 Å². The monoisotopic (exact) mass is 346 g/mol. The number of halogens is 1. The topological polar surface area (TPSA) is 33.2 Å². The Kier molecular flexibility index (Phi) is 3.60. The summed E-state index contributed by atoms with van der Waals surface area (Å²) in [7, 11) is 0. The molecule has 0 bridgehead atoms. The van der Waals surface area contributed by atoms with Gasteiger partial charge >= 0.3 is 0 Å². The Hall–Kier alpha value is -1.64. The molecule has 1 aliphatic heterocycles. The number of thiazole rings is 1. The zero-order chi connectivity index (χ0) is 14.1. The van der Waals surface area contributed by atoms with Gasteiger partial charge in [0.2, 0.25) is 5.91 Å². The normalized spacial score (nSPS) is 18.3. The molecule has 3 nitrogen and oxygen atoms in total. The number of hydrogen-bond donors (Lipinski definition) is 0. The van der Waals surface area contributed by atoms with Crippen molar-refractivity contribution in [3.63, 3.8) is 0 Å². The highest BCUT2D eigenvalue weighted by Gasteiger charge is 2.31. The average molecular weight is 347 g/mol. The highest BCUT2D eigenvalue weighted by atomic mass is 79.9. The van der Waals surface area contributed by atoms with Crippen LogP contribution in [-0.2, 0) is 4.79 Å². The molecular weight excluding hydrogens is 336 g/mol. The molecule has 2 aromatic rings. The third kappa shape index (κ3) is 2.49. The largest absolute Gasteiger partial charge is 0.287 e. The summed E-state index contributed by atoms with van der Waals surface area (Å²) in [4.78, 5) is 18.2. The van der Waals surface area contributed by atoms with Gasteiger partial charge in [0.25, 0.3) is 0 Å². The Morgan fingerprint density at radius 3 is 2.80 bits per heavy atom. The van der Waals surface area contributed by atoms with Crippen molar-refractivity contribution in [2.24, 2.45) is 5.92 Å². The molecule has 1 unspecified atom stereocenters. The van der Waals surface area contributed by atoms with Crippen molar-refractivity contribution >= 4 is 38.3 Å². The van der Waals surface area contributed by atoms with Gasteiger partial charge in [0.05, 0.1) is 5.69 Å². The van der Waals surface area contributed by atoms with E-state index < -0.39 is 0 Å². The summed E-state index contributed by atoms with van der Waals surface area (Å²) < 4.78 is 1.03. The van der Waals surface area contributed by atoms with Crippen LogP contribution in [0.15, 0.2) is 34.1 Å². The maximum absolute atomic E-state index is 11.9. The number of carbonyl (C=O) groups excluding carboxylic acids is 1. The summed E-state index contributed by atoms with van der Waals surface area (Å²) in [5.74, 6) is 2.71. The molecule has 20 heavy (non-hydrogen) atoms.